The van der Waals surface area contributed by atoms with Crippen LogP contribution in [0.25, 0.3) is 0 Å². The molecule has 0 amide bonds. The van der Waals surface area contributed by atoms with Crippen LogP contribution in [0.2, 0.25) is 5.15 Å². The largest absolute Gasteiger partial charge is 0.479 e. The molecule has 0 atom stereocenters. The van der Waals surface area contributed by atoms with Crippen molar-refractivity contribution >= 4 is 17.3 Å². The Morgan fingerprint density at radius 2 is 2.09 bits per heavy atom. The minimum absolute atomic E-state index is 0.231. The second-order valence-electron chi connectivity index (χ2n) is 1.98. The van der Waals surface area contributed by atoms with Gasteiger partial charge < -0.3 is 10.5 Å². The summed E-state index contributed by atoms with van der Waals surface area (Å²) in [6, 6.07) is 0. The summed E-state index contributed by atoms with van der Waals surface area (Å²) >= 11 is 5.64. The van der Waals surface area contributed by atoms with Gasteiger partial charge >= 0.3 is 0 Å². The van der Waals surface area contributed by atoms with E-state index in [9.17, 15) is 0 Å². The first-order chi connectivity index (χ1) is 5.15. The van der Waals surface area contributed by atoms with Crippen LogP contribution in [0.3, 0.4) is 0 Å². The van der Waals surface area contributed by atoms with E-state index in [1.54, 1.807) is 6.92 Å². The Morgan fingerprint density at radius 3 is 2.64 bits per heavy atom. The van der Waals surface area contributed by atoms with E-state index < -0.39 is 0 Å². The predicted octanol–water partition coefficient (Wildman–Crippen LogP) is 1.03. The summed E-state index contributed by atoms with van der Waals surface area (Å²) in [5.41, 5.74) is 5.76. The van der Waals surface area contributed by atoms with E-state index in [0.29, 0.717) is 11.7 Å². The Bertz CT molecular complexity index is 277. The third-order valence-electron chi connectivity index (χ3n) is 1.17. The number of rotatable bonds is 1. The van der Waals surface area contributed by atoms with Crippen LogP contribution in [0.15, 0.2) is 0 Å². The van der Waals surface area contributed by atoms with Gasteiger partial charge in [0, 0.05) is 0 Å². The van der Waals surface area contributed by atoms with Crippen LogP contribution >= 0.6 is 11.6 Å². The maximum Gasteiger partial charge on any atom is 0.241 e. The van der Waals surface area contributed by atoms with Crippen LogP contribution in [-0.4, -0.2) is 17.1 Å². The molecule has 0 spiro atoms. The quantitative estimate of drug-likeness (QED) is 0.645. The van der Waals surface area contributed by atoms with Gasteiger partial charge in [-0.3, -0.25) is 0 Å². The first kappa shape index (κ1) is 8.07. The third-order valence-corrected chi connectivity index (χ3v) is 1.46. The highest BCUT2D eigenvalue weighted by Gasteiger charge is 2.07. The Balaban J connectivity index is 3.24. The molecule has 0 aliphatic heterocycles. The number of nitrogens with zero attached hydrogens (tertiary/aromatic N) is 2. The molecular weight excluding hydrogens is 166 g/mol. The lowest BCUT2D eigenvalue weighted by Gasteiger charge is -2.04. The van der Waals surface area contributed by atoms with Crippen molar-refractivity contribution in [3.8, 4) is 5.88 Å². The molecule has 2 N–H and O–H groups in total. The van der Waals surface area contributed by atoms with Gasteiger partial charge in [-0.2, -0.15) is 4.98 Å². The zero-order valence-corrected chi connectivity index (χ0v) is 7.01. The summed E-state index contributed by atoms with van der Waals surface area (Å²) in [6.07, 6.45) is 0. The maximum atomic E-state index is 5.64. The van der Waals surface area contributed by atoms with Gasteiger partial charge in [0.25, 0.3) is 0 Å². The molecule has 0 fully saturated rings. The highest BCUT2D eigenvalue weighted by Crippen LogP contribution is 2.24. The lowest BCUT2D eigenvalue weighted by Crippen LogP contribution is -2.00. The minimum atomic E-state index is 0.231. The zero-order valence-electron chi connectivity index (χ0n) is 6.26. The Morgan fingerprint density at radius 1 is 1.45 bits per heavy atom. The Kier molecular flexibility index (Phi) is 2.14. The summed E-state index contributed by atoms with van der Waals surface area (Å²) in [7, 11) is 1.48. The predicted molar refractivity (Wildman–Crippen MR) is 42.7 cm³/mol. The molecule has 1 aromatic rings. The molecule has 0 aromatic carbocycles. The van der Waals surface area contributed by atoms with Crippen LogP contribution in [-0.2, 0) is 0 Å². The normalized spacial score (nSPS) is 9.73. The van der Waals surface area contributed by atoms with E-state index in [2.05, 4.69) is 9.97 Å². The highest BCUT2D eigenvalue weighted by molar-refractivity contribution is 6.32. The van der Waals surface area contributed by atoms with Crippen molar-refractivity contribution < 1.29 is 4.74 Å². The average Bonchev–Trinajstić information content (AvgIpc) is 1.96. The van der Waals surface area contributed by atoms with E-state index in [4.69, 9.17) is 22.1 Å². The topological polar surface area (TPSA) is 61.0 Å². The molecule has 4 nitrogen and oxygen atoms in total. The monoisotopic (exact) mass is 173 g/mol. The standard InChI is InChI=1S/C6H8ClN3O/c1-3-9-5(7)4(8)6(10-3)11-2/h8H2,1-2H3. The number of anilines is 1. The van der Waals surface area contributed by atoms with Crippen LogP contribution < -0.4 is 10.5 Å². The Hall–Kier alpha value is -1.03. The van der Waals surface area contributed by atoms with E-state index in [-0.39, 0.29) is 10.8 Å². The number of nitrogens with two attached hydrogens (primary N) is 1. The van der Waals surface area contributed by atoms with Gasteiger partial charge in [-0.05, 0) is 6.92 Å². The molecule has 0 saturated carbocycles. The number of hydrogen-bond donors (Lipinski definition) is 1. The van der Waals surface area contributed by atoms with Crippen molar-refractivity contribution in [3.05, 3.63) is 11.0 Å². The number of aryl methyl sites for hydroxylation is 1. The highest BCUT2D eigenvalue weighted by atomic mass is 35.5. The van der Waals surface area contributed by atoms with Crippen molar-refractivity contribution in [1.82, 2.24) is 9.97 Å². The molecular formula is C6H8ClN3O. The number of halogens is 1. The fraction of sp³-hybridized carbons (Fsp3) is 0.333. The molecule has 1 aromatic heterocycles. The van der Waals surface area contributed by atoms with E-state index in [1.165, 1.54) is 7.11 Å². The van der Waals surface area contributed by atoms with Crippen LogP contribution in [0, 0.1) is 6.92 Å². The molecule has 0 radical (unpaired) electrons. The van der Waals surface area contributed by atoms with Crippen LogP contribution in [0.5, 0.6) is 5.88 Å². The van der Waals surface area contributed by atoms with Gasteiger partial charge in [0.2, 0.25) is 5.88 Å². The van der Waals surface area contributed by atoms with Crippen molar-refractivity contribution in [3.63, 3.8) is 0 Å². The van der Waals surface area contributed by atoms with Crippen molar-refractivity contribution in [2.45, 2.75) is 6.92 Å². The molecule has 1 heterocycles. The van der Waals surface area contributed by atoms with Gasteiger partial charge in [-0.1, -0.05) is 11.6 Å². The third kappa shape index (κ3) is 1.51. The van der Waals surface area contributed by atoms with Crippen molar-refractivity contribution in [2.75, 3.05) is 12.8 Å². The number of methoxy groups -OCH3 is 1. The molecule has 11 heavy (non-hydrogen) atoms. The number of ether oxygens (including phenoxy) is 1. The smallest absolute Gasteiger partial charge is 0.241 e. The van der Waals surface area contributed by atoms with Crippen LogP contribution in [0.4, 0.5) is 5.69 Å². The first-order valence-electron chi connectivity index (χ1n) is 2.98. The van der Waals surface area contributed by atoms with Gasteiger partial charge in [0.05, 0.1) is 7.11 Å². The van der Waals surface area contributed by atoms with E-state index >= 15 is 0 Å². The molecule has 0 aliphatic rings. The molecule has 1 rings (SSSR count). The molecule has 0 bridgehead atoms. The Labute approximate surface area is 69.4 Å². The first-order valence-corrected chi connectivity index (χ1v) is 3.36. The van der Waals surface area contributed by atoms with Crippen LogP contribution in [0.1, 0.15) is 5.82 Å². The summed E-state index contributed by atoms with van der Waals surface area (Å²) in [5, 5.41) is 0.231. The molecule has 0 aliphatic carbocycles. The second kappa shape index (κ2) is 2.92. The van der Waals surface area contributed by atoms with Gasteiger partial charge in [-0.25, -0.2) is 4.98 Å². The average molecular weight is 174 g/mol. The van der Waals surface area contributed by atoms with Gasteiger partial charge in [-0.15, -0.1) is 0 Å². The summed E-state index contributed by atoms with van der Waals surface area (Å²) in [4.78, 5) is 7.74. The zero-order chi connectivity index (χ0) is 8.43. The molecule has 0 saturated heterocycles. The summed E-state index contributed by atoms with van der Waals surface area (Å²) in [5.74, 6) is 0.864. The number of hydrogen-bond acceptors (Lipinski definition) is 4. The summed E-state index contributed by atoms with van der Waals surface area (Å²) in [6.45, 7) is 1.72. The molecule has 60 valence electrons. The number of aromatic nitrogens is 2. The summed E-state index contributed by atoms with van der Waals surface area (Å²) < 4.78 is 4.85. The fourth-order valence-corrected chi connectivity index (χ4v) is 0.881. The molecule has 5 heteroatoms. The van der Waals surface area contributed by atoms with E-state index in [1.807, 2.05) is 0 Å². The van der Waals surface area contributed by atoms with Gasteiger partial charge in [0.15, 0.2) is 5.15 Å². The SMILES string of the molecule is COc1nc(C)nc(Cl)c1N. The fourth-order valence-electron chi connectivity index (χ4n) is 0.678. The lowest BCUT2D eigenvalue weighted by molar-refractivity contribution is 0.398. The maximum absolute atomic E-state index is 5.64. The van der Waals surface area contributed by atoms with Gasteiger partial charge in [0.1, 0.15) is 11.5 Å². The van der Waals surface area contributed by atoms with Crippen molar-refractivity contribution in [1.29, 1.82) is 0 Å². The number of nitrogen functional groups attached to an aromatic ring is 1. The van der Waals surface area contributed by atoms with Crippen molar-refractivity contribution in [2.24, 2.45) is 0 Å². The molecule has 0 unspecified atom stereocenters. The lowest BCUT2D eigenvalue weighted by atomic mass is 10.5. The second-order valence-corrected chi connectivity index (χ2v) is 2.34. The minimum Gasteiger partial charge on any atom is -0.479 e. The van der Waals surface area contributed by atoms with E-state index in [0.717, 1.165) is 0 Å².